The summed E-state index contributed by atoms with van der Waals surface area (Å²) in [5, 5.41) is 1.86. The van der Waals surface area contributed by atoms with Crippen molar-refractivity contribution in [3.63, 3.8) is 0 Å². The molecular formula is C17H22BNO3S2. The summed E-state index contributed by atoms with van der Waals surface area (Å²) in [4.78, 5) is 0.999. The highest BCUT2D eigenvalue weighted by atomic mass is 32.2. The lowest BCUT2D eigenvalue weighted by molar-refractivity contribution is 0.209. The van der Waals surface area contributed by atoms with E-state index in [0.717, 1.165) is 10.4 Å². The van der Waals surface area contributed by atoms with Gasteiger partial charge in [0, 0.05) is 12.0 Å². The number of aryl methyl sites for hydroxylation is 1. The van der Waals surface area contributed by atoms with Gasteiger partial charge in [-0.25, -0.2) is 12.7 Å². The van der Waals surface area contributed by atoms with Crippen molar-refractivity contribution in [2.45, 2.75) is 38.0 Å². The molecule has 0 atom stereocenters. The van der Waals surface area contributed by atoms with Crippen LogP contribution in [0.3, 0.4) is 0 Å². The van der Waals surface area contributed by atoms with Gasteiger partial charge >= 0.3 is 0 Å². The number of hydrogen-bond acceptors (Lipinski definition) is 4. The van der Waals surface area contributed by atoms with Crippen molar-refractivity contribution in [3.05, 3.63) is 40.1 Å². The fraction of sp³-hybridized carbons (Fsp3) is 0.412. The zero-order valence-electron chi connectivity index (χ0n) is 14.7. The third-order valence-electron chi connectivity index (χ3n) is 3.79. The molecule has 1 aromatic carbocycles. The van der Waals surface area contributed by atoms with Crippen LogP contribution in [0.2, 0.25) is 0 Å². The van der Waals surface area contributed by atoms with Crippen molar-refractivity contribution in [1.82, 2.24) is 0 Å². The Kier molecular flexibility index (Phi) is 5.47. The number of anilines is 1. The van der Waals surface area contributed by atoms with Gasteiger partial charge < -0.3 is 4.74 Å². The summed E-state index contributed by atoms with van der Waals surface area (Å²) in [6.45, 7) is 7.98. The van der Waals surface area contributed by atoms with Crippen LogP contribution < -0.4 is 9.77 Å². The minimum atomic E-state index is -3.81. The van der Waals surface area contributed by atoms with Crippen LogP contribution in [-0.2, 0) is 20.2 Å². The van der Waals surface area contributed by atoms with Crippen LogP contribution >= 0.6 is 11.3 Å². The average Bonchev–Trinajstić information content (AvgIpc) is 2.89. The molecule has 0 N–H and O–H groups in total. The van der Waals surface area contributed by atoms with Crippen LogP contribution in [-0.4, -0.2) is 30.1 Å². The molecule has 0 aliphatic carbocycles. The van der Waals surface area contributed by atoms with Crippen LogP contribution in [0.1, 0.15) is 31.2 Å². The first-order valence-electron chi connectivity index (χ1n) is 7.55. The van der Waals surface area contributed by atoms with Crippen LogP contribution in [0.25, 0.3) is 0 Å². The zero-order valence-corrected chi connectivity index (χ0v) is 16.3. The van der Waals surface area contributed by atoms with E-state index in [0.29, 0.717) is 5.69 Å². The Hall–Kier alpha value is -1.31. The summed E-state index contributed by atoms with van der Waals surface area (Å²) >= 11 is 1.49. The summed E-state index contributed by atoms with van der Waals surface area (Å²) in [5.41, 5.74) is 1.74. The smallest absolute Gasteiger partial charge is 0.265 e. The first-order chi connectivity index (χ1) is 11.1. The molecule has 0 aliphatic heterocycles. The molecule has 0 spiro atoms. The summed E-state index contributed by atoms with van der Waals surface area (Å²) in [7, 11) is 3.74. The fourth-order valence-corrected chi connectivity index (χ4v) is 4.68. The number of sulfonamides is 1. The molecule has 0 unspecified atom stereocenters. The second kappa shape index (κ2) is 6.90. The molecule has 0 amide bonds. The van der Waals surface area contributed by atoms with Gasteiger partial charge in [-0.1, -0.05) is 38.4 Å². The maximum Gasteiger partial charge on any atom is 0.265 e. The summed E-state index contributed by atoms with van der Waals surface area (Å²) in [6, 6.07) is 6.90. The quantitative estimate of drug-likeness (QED) is 0.606. The Morgan fingerprint density at radius 1 is 1.25 bits per heavy atom. The molecule has 2 aromatic rings. The van der Waals surface area contributed by atoms with Gasteiger partial charge in [0.1, 0.15) is 14.6 Å². The molecule has 0 saturated carbocycles. The predicted molar refractivity (Wildman–Crippen MR) is 101 cm³/mol. The standard InChI is InChI=1S/C17H22BNO3S2/c1-12-15(8-9-23-12)19(11-22-5)24(20,21)16-7-6-13(10-14(16)18)17(2,3)4/h6-10H,11H2,1-5H3. The lowest BCUT2D eigenvalue weighted by Crippen LogP contribution is -2.36. The monoisotopic (exact) mass is 363 g/mol. The molecule has 0 bridgehead atoms. The third-order valence-corrected chi connectivity index (χ3v) is 6.44. The zero-order chi connectivity index (χ0) is 18.1. The molecule has 128 valence electrons. The van der Waals surface area contributed by atoms with Crippen LogP contribution in [0, 0.1) is 6.92 Å². The highest BCUT2D eigenvalue weighted by Crippen LogP contribution is 2.30. The van der Waals surface area contributed by atoms with E-state index in [2.05, 4.69) is 20.8 Å². The Bertz CT molecular complexity index is 823. The van der Waals surface area contributed by atoms with E-state index in [4.69, 9.17) is 12.6 Å². The maximum atomic E-state index is 13.1. The normalized spacial score (nSPS) is 12.4. The largest absolute Gasteiger partial charge is 0.363 e. The van der Waals surface area contributed by atoms with Crippen molar-refractivity contribution in [1.29, 1.82) is 0 Å². The van der Waals surface area contributed by atoms with E-state index in [1.165, 1.54) is 22.8 Å². The second-order valence-corrected chi connectivity index (χ2v) is 9.59. The van der Waals surface area contributed by atoms with E-state index in [1.54, 1.807) is 18.2 Å². The summed E-state index contributed by atoms with van der Waals surface area (Å²) in [6.07, 6.45) is 0. The van der Waals surface area contributed by atoms with Gasteiger partial charge in [-0.2, -0.15) is 0 Å². The second-order valence-electron chi connectivity index (χ2n) is 6.64. The van der Waals surface area contributed by atoms with Crippen LogP contribution in [0.4, 0.5) is 5.69 Å². The van der Waals surface area contributed by atoms with Gasteiger partial charge in [-0.3, -0.25) is 0 Å². The van der Waals surface area contributed by atoms with E-state index < -0.39 is 10.0 Å². The molecular weight excluding hydrogens is 341 g/mol. The highest BCUT2D eigenvalue weighted by Gasteiger charge is 2.28. The first-order valence-corrected chi connectivity index (χ1v) is 9.87. The molecule has 24 heavy (non-hydrogen) atoms. The predicted octanol–water partition coefficient (Wildman–Crippen LogP) is 2.95. The lowest BCUT2D eigenvalue weighted by atomic mass is 9.83. The van der Waals surface area contributed by atoms with Gasteiger partial charge in [0.05, 0.1) is 10.6 Å². The number of thiophene rings is 1. The number of nitrogens with zero attached hydrogens (tertiary/aromatic N) is 1. The van der Waals surface area contributed by atoms with Crippen molar-refractivity contribution in [3.8, 4) is 0 Å². The molecule has 2 radical (unpaired) electrons. The SMILES string of the molecule is [B]c1cc(C(C)(C)C)ccc1S(=O)(=O)N(COC)c1ccsc1C. The molecule has 2 rings (SSSR count). The van der Waals surface area contributed by atoms with Gasteiger partial charge in [-0.15, -0.1) is 11.3 Å². The molecule has 0 aliphatic rings. The Labute approximate surface area is 149 Å². The van der Waals surface area contributed by atoms with Crippen molar-refractivity contribution in [2.75, 3.05) is 18.1 Å². The van der Waals surface area contributed by atoms with E-state index >= 15 is 0 Å². The third kappa shape index (κ3) is 3.68. The minimum Gasteiger partial charge on any atom is -0.363 e. The molecule has 0 fully saturated rings. The number of hydrogen-bond donors (Lipinski definition) is 0. The van der Waals surface area contributed by atoms with Crippen molar-refractivity contribution in [2.24, 2.45) is 0 Å². The van der Waals surface area contributed by atoms with E-state index in [9.17, 15) is 8.42 Å². The van der Waals surface area contributed by atoms with Gasteiger partial charge in [0.15, 0.2) is 0 Å². The van der Waals surface area contributed by atoms with E-state index in [1.807, 2.05) is 18.4 Å². The molecule has 4 nitrogen and oxygen atoms in total. The molecule has 1 aromatic heterocycles. The maximum absolute atomic E-state index is 13.1. The number of ether oxygens (including phenoxy) is 1. The molecule has 7 heteroatoms. The fourth-order valence-electron chi connectivity index (χ4n) is 2.39. The number of benzene rings is 1. The number of methoxy groups -OCH3 is 1. The lowest BCUT2D eigenvalue weighted by Gasteiger charge is -2.26. The highest BCUT2D eigenvalue weighted by molar-refractivity contribution is 7.93. The number of rotatable bonds is 5. The Morgan fingerprint density at radius 2 is 1.92 bits per heavy atom. The summed E-state index contributed by atoms with van der Waals surface area (Å²) in [5.74, 6) is 0. The topological polar surface area (TPSA) is 46.6 Å². The van der Waals surface area contributed by atoms with Crippen LogP contribution in [0.5, 0.6) is 0 Å². The average molecular weight is 363 g/mol. The summed E-state index contributed by atoms with van der Waals surface area (Å²) < 4.78 is 32.6. The van der Waals surface area contributed by atoms with Crippen molar-refractivity contribution < 1.29 is 13.2 Å². The Morgan fingerprint density at radius 3 is 2.38 bits per heavy atom. The minimum absolute atomic E-state index is 0.0691. The molecule has 1 heterocycles. The molecule has 0 saturated heterocycles. The van der Waals surface area contributed by atoms with Gasteiger partial charge in [-0.05, 0) is 35.4 Å². The first kappa shape index (κ1) is 19.0. The van der Waals surface area contributed by atoms with Crippen LogP contribution in [0.15, 0.2) is 34.5 Å². The Balaban J connectivity index is 2.54. The van der Waals surface area contributed by atoms with Crippen molar-refractivity contribution >= 4 is 40.4 Å². The van der Waals surface area contributed by atoms with Gasteiger partial charge in [0.2, 0.25) is 0 Å². The van der Waals surface area contributed by atoms with E-state index in [-0.39, 0.29) is 22.5 Å². The van der Waals surface area contributed by atoms with Gasteiger partial charge in [0.25, 0.3) is 10.0 Å².